The van der Waals surface area contributed by atoms with Crippen LogP contribution >= 0.6 is 11.3 Å². The molecular formula is C18H30N6S. The van der Waals surface area contributed by atoms with Crippen molar-refractivity contribution < 1.29 is 0 Å². The molecular weight excluding hydrogens is 332 g/mol. The van der Waals surface area contributed by atoms with Crippen LogP contribution in [0.3, 0.4) is 0 Å². The Hall–Kier alpha value is -1.86. The molecule has 0 aliphatic heterocycles. The fraction of sp³-hybridized carbons (Fsp3) is 0.556. The highest BCUT2D eigenvalue weighted by atomic mass is 32.1. The van der Waals surface area contributed by atoms with Gasteiger partial charge in [-0.2, -0.15) is 5.10 Å². The van der Waals surface area contributed by atoms with Crippen LogP contribution in [-0.4, -0.2) is 47.8 Å². The van der Waals surface area contributed by atoms with Crippen molar-refractivity contribution in [2.45, 2.75) is 32.9 Å². The number of aliphatic imine (C=N–C) groups is 1. The minimum Gasteiger partial charge on any atom is -0.357 e. The molecule has 6 nitrogen and oxygen atoms in total. The zero-order valence-corrected chi connectivity index (χ0v) is 16.7. The molecule has 0 amide bonds. The lowest BCUT2D eigenvalue weighted by Gasteiger charge is -2.24. The van der Waals surface area contributed by atoms with Gasteiger partial charge in [0.25, 0.3) is 0 Å². The van der Waals surface area contributed by atoms with Gasteiger partial charge in [-0.25, -0.2) is 4.99 Å². The highest BCUT2D eigenvalue weighted by Crippen LogP contribution is 2.18. The van der Waals surface area contributed by atoms with Gasteiger partial charge in [-0.3, -0.25) is 4.68 Å². The molecule has 2 heterocycles. The van der Waals surface area contributed by atoms with Crippen molar-refractivity contribution >= 4 is 17.3 Å². The Morgan fingerprint density at radius 1 is 1.28 bits per heavy atom. The van der Waals surface area contributed by atoms with E-state index in [1.54, 1.807) is 0 Å². The quantitative estimate of drug-likeness (QED) is 0.559. The van der Waals surface area contributed by atoms with Crippen molar-refractivity contribution in [1.29, 1.82) is 0 Å². The molecule has 0 aliphatic rings. The first-order chi connectivity index (χ1) is 12.0. The Kier molecular flexibility index (Phi) is 7.46. The molecule has 1 atom stereocenters. The minimum atomic E-state index is 0.242. The molecule has 0 bridgehead atoms. The Morgan fingerprint density at radius 2 is 2.04 bits per heavy atom. The molecule has 2 aromatic heterocycles. The van der Waals surface area contributed by atoms with E-state index < -0.39 is 0 Å². The molecule has 2 aromatic rings. The van der Waals surface area contributed by atoms with Gasteiger partial charge in [0.05, 0.1) is 18.8 Å². The van der Waals surface area contributed by atoms with Crippen LogP contribution in [0.1, 0.15) is 35.2 Å². The molecule has 0 aromatic carbocycles. The summed E-state index contributed by atoms with van der Waals surface area (Å²) < 4.78 is 1.84. The molecule has 138 valence electrons. The summed E-state index contributed by atoms with van der Waals surface area (Å²) in [5.74, 6) is 0.852. The number of aryl methyl sites for hydroxylation is 2. The fourth-order valence-corrected chi connectivity index (χ4v) is 3.48. The number of nitrogens with one attached hydrogen (secondary N) is 2. The molecule has 0 fully saturated rings. The van der Waals surface area contributed by atoms with E-state index in [2.05, 4.69) is 66.9 Å². The summed E-state index contributed by atoms with van der Waals surface area (Å²) in [6, 6.07) is 4.61. The average Bonchev–Trinajstić information content (AvgIpc) is 3.21. The Balaban J connectivity index is 2.00. The first-order valence-corrected chi connectivity index (χ1v) is 9.59. The lowest BCUT2D eigenvalue weighted by Crippen LogP contribution is -2.41. The third-order valence-corrected chi connectivity index (χ3v) is 5.21. The lowest BCUT2D eigenvalue weighted by molar-refractivity contribution is 0.298. The van der Waals surface area contributed by atoms with E-state index in [4.69, 9.17) is 4.99 Å². The molecule has 0 saturated carbocycles. The third-order valence-electron chi connectivity index (χ3n) is 4.00. The standard InChI is InChI=1S/C18H30N6S/c1-6-15-8-9-16(25-15)11-20-18(19-7-2)21-12-17(23(3)4)14-10-22-24(5)13-14/h8-10,13,17H,6-7,11-12H2,1-5H3,(H2,19,20,21). The van der Waals surface area contributed by atoms with E-state index in [9.17, 15) is 0 Å². The summed E-state index contributed by atoms with van der Waals surface area (Å²) in [6.45, 7) is 6.59. The van der Waals surface area contributed by atoms with E-state index >= 15 is 0 Å². The van der Waals surface area contributed by atoms with Crippen LogP contribution in [0.25, 0.3) is 0 Å². The number of nitrogens with zero attached hydrogens (tertiary/aromatic N) is 4. The van der Waals surface area contributed by atoms with Gasteiger partial charge in [0.2, 0.25) is 0 Å². The number of guanidine groups is 1. The maximum absolute atomic E-state index is 4.73. The minimum absolute atomic E-state index is 0.242. The number of hydrogen-bond acceptors (Lipinski definition) is 4. The van der Waals surface area contributed by atoms with Crippen LogP contribution in [0.4, 0.5) is 0 Å². The van der Waals surface area contributed by atoms with Crippen LogP contribution in [0.5, 0.6) is 0 Å². The largest absolute Gasteiger partial charge is 0.357 e. The summed E-state index contributed by atoms with van der Waals surface area (Å²) in [7, 11) is 6.11. The molecule has 2 rings (SSSR count). The van der Waals surface area contributed by atoms with Crippen LogP contribution in [0, 0.1) is 0 Å². The van der Waals surface area contributed by atoms with Gasteiger partial charge in [0, 0.05) is 41.7 Å². The number of rotatable bonds is 8. The summed E-state index contributed by atoms with van der Waals surface area (Å²) in [5, 5.41) is 11.1. The first-order valence-electron chi connectivity index (χ1n) is 8.78. The normalized spacial score (nSPS) is 13.3. The highest BCUT2D eigenvalue weighted by Gasteiger charge is 2.16. The SMILES string of the molecule is CCNC(=NCc1ccc(CC)s1)NCC(c1cnn(C)c1)N(C)C. The summed E-state index contributed by atoms with van der Waals surface area (Å²) >= 11 is 1.84. The van der Waals surface area contributed by atoms with Crippen molar-refractivity contribution in [3.8, 4) is 0 Å². The Labute approximate surface area is 155 Å². The topological polar surface area (TPSA) is 57.5 Å². The van der Waals surface area contributed by atoms with E-state index in [-0.39, 0.29) is 6.04 Å². The van der Waals surface area contributed by atoms with Crippen LogP contribution < -0.4 is 10.6 Å². The van der Waals surface area contributed by atoms with E-state index in [1.807, 2.05) is 29.3 Å². The molecule has 0 saturated heterocycles. The van der Waals surface area contributed by atoms with Crippen LogP contribution in [0.2, 0.25) is 0 Å². The number of hydrogen-bond donors (Lipinski definition) is 2. The van der Waals surface area contributed by atoms with Crippen molar-refractivity contribution in [2.75, 3.05) is 27.2 Å². The van der Waals surface area contributed by atoms with Crippen molar-refractivity contribution in [1.82, 2.24) is 25.3 Å². The molecule has 1 unspecified atom stereocenters. The van der Waals surface area contributed by atoms with Gasteiger partial charge in [-0.15, -0.1) is 11.3 Å². The predicted octanol–water partition coefficient (Wildman–Crippen LogP) is 2.40. The Bertz CT molecular complexity index is 673. The summed E-state index contributed by atoms with van der Waals surface area (Å²) in [5.41, 5.74) is 1.20. The monoisotopic (exact) mass is 362 g/mol. The van der Waals surface area contributed by atoms with Crippen molar-refractivity contribution in [3.05, 3.63) is 39.8 Å². The Morgan fingerprint density at radius 3 is 2.60 bits per heavy atom. The van der Waals surface area contributed by atoms with Gasteiger partial charge in [0.15, 0.2) is 5.96 Å². The van der Waals surface area contributed by atoms with Crippen molar-refractivity contribution in [2.24, 2.45) is 12.0 Å². The van der Waals surface area contributed by atoms with Gasteiger partial charge >= 0.3 is 0 Å². The van der Waals surface area contributed by atoms with Gasteiger partial charge in [-0.1, -0.05) is 6.92 Å². The second-order valence-electron chi connectivity index (χ2n) is 6.22. The molecule has 7 heteroatoms. The maximum atomic E-state index is 4.73. The number of likely N-dealkylation sites (N-methyl/N-ethyl adjacent to an activating group) is 1. The first kappa shape index (κ1) is 19.5. The predicted molar refractivity (Wildman–Crippen MR) is 106 cm³/mol. The van der Waals surface area contributed by atoms with E-state index in [1.165, 1.54) is 15.3 Å². The number of thiophene rings is 1. The van der Waals surface area contributed by atoms with Crippen LogP contribution in [-0.2, 0) is 20.0 Å². The zero-order chi connectivity index (χ0) is 18.2. The third kappa shape index (κ3) is 5.86. The van der Waals surface area contributed by atoms with E-state index in [0.29, 0.717) is 6.54 Å². The van der Waals surface area contributed by atoms with Gasteiger partial charge in [0.1, 0.15) is 0 Å². The molecule has 0 radical (unpaired) electrons. The number of aromatic nitrogens is 2. The molecule has 0 aliphatic carbocycles. The second-order valence-corrected chi connectivity index (χ2v) is 7.48. The summed E-state index contributed by atoms with van der Waals surface area (Å²) in [4.78, 5) is 9.63. The van der Waals surface area contributed by atoms with Gasteiger partial charge < -0.3 is 15.5 Å². The molecule has 25 heavy (non-hydrogen) atoms. The lowest BCUT2D eigenvalue weighted by atomic mass is 10.1. The summed E-state index contributed by atoms with van der Waals surface area (Å²) in [6.07, 6.45) is 5.07. The zero-order valence-electron chi connectivity index (χ0n) is 15.9. The molecule has 0 spiro atoms. The highest BCUT2D eigenvalue weighted by molar-refractivity contribution is 7.11. The second kappa shape index (κ2) is 9.58. The molecule has 2 N–H and O–H groups in total. The van der Waals surface area contributed by atoms with Gasteiger partial charge in [-0.05, 0) is 39.6 Å². The van der Waals surface area contributed by atoms with E-state index in [0.717, 1.165) is 25.5 Å². The van der Waals surface area contributed by atoms with Crippen LogP contribution in [0.15, 0.2) is 29.5 Å². The smallest absolute Gasteiger partial charge is 0.191 e. The maximum Gasteiger partial charge on any atom is 0.191 e. The fourth-order valence-electron chi connectivity index (χ4n) is 2.60. The average molecular weight is 363 g/mol. The van der Waals surface area contributed by atoms with Crippen molar-refractivity contribution in [3.63, 3.8) is 0 Å².